The number of hydrogen-bond acceptors (Lipinski definition) is 4. The van der Waals surface area contributed by atoms with Crippen molar-refractivity contribution in [3.8, 4) is 0 Å². The molecular weight excluding hydrogens is 367 g/mol. The van der Waals surface area contributed by atoms with Crippen LogP contribution in [-0.2, 0) is 13.0 Å². The second kappa shape index (κ2) is 7.81. The first kappa shape index (κ1) is 19.4. The number of aryl methyl sites for hydroxylation is 1. The van der Waals surface area contributed by atoms with Crippen LogP contribution in [0.25, 0.3) is 16.6 Å². The van der Waals surface area contributed by atoms with Crippen LogP contribution in [0.3, 0.4) is 0 Å². The Morgan fingerprint density at radius 1 is 1.17 bits per heavy atom. The fourth-order valence-electron chi connectivity index (χ4n) is 4.30. The highest BCUT2D eigenvalue weighted by Gasteiger charge is 2.32. The Hall–Kier alpha value is -2.96. The number of aromatic nitrogens is 5. The van der Waals surface area contributed by atoms with Crippen molar-refractivity contribution in [1.82, 2.24) is 30.3 Å². The molecule has 0 amide bonds. The molecule has 0 fully saturated rings. The number of hydrogen-bond donors (Lipinski definition) is 2. The summed E-state index contributed by atoms with van der Waals surface area (Å²) in [6, 6.07) is 3.59. The van der Waals surface area contributed by atoms with Gasteiger partial charge in [-0.2, -0.15) is 10.2 Å². The second-order valence-electron chi connectivity index (χ2n) is 7.57. The highest BCUT2D eigenvalue weighted by Crippen LogP contribution is 2.39. The normalized spacial score (nSPS) is 14.6. The Labute approximate surface area is 169 Å². The molecule has 0 aliphatic carbocycles. The number of H-pyrrole nitrogens is 1. The van der Waals surface area contributed by atoms with Gasteiger partial charge >= 0.3 is 0 Å². The van der Waals surface area contributed by atoms with Gasteiger partial charge in [0.15, 0.2) is 0 Å². The fraction of sp³-hybridized carbons (Fsp3) is 0.409. The van der Waals surface area contributed by atoms with Crippen molar-refractivity contribution < 1.29 is 4.39 Å². The van der Waals surface area contributed by atoms with Crippen LogP contribution >= 0.6 is 0 Å². The van der Waals surface area contributed by atoms with Gasteiger partial charge in [0.05, 0.1) is 17.1 Å². The van der Waals surface area contributed by atoms with Crippen LogP contribution in [0.2, 0.25) is 0 Å². The second-order valence-corrected chi connectivity index (χ2v) is 7.57. The van der Waals surface area contributed by atoms with Gasteiger partial charge in [0.25, 0.3) is 0 Å². The monoisotopic (exact) mass is 394 g/mol. The third kappa shape index (κ3) is 3.45. The Balaban J connectivity index is 1.68. The molecule has 2 N–H and O–H groups in total. The van der Waals surface area contributed by atoms with E-state index < -0.39 is 0 Å². The van der Waals surface area contributed by atoms with Gasteiger partial charge in [-0.05, 0) is 49.0 Å². The molecule has 0 saturated heterocycles. The van der Waals surface area contributed by atoms with Gasteiger partial charge in [0, 0.05) is 30.8 Å². The van der Waals surface area contributed by atoms with Crippen molar-refractivity contribution in [1.29, 1.82) is 0 Å². The molecule has 4 rings (SSSR count). The van der Waals surface area contributed by atoms with E-state index in [1.165, 1.54) is 5.57 Å². The van der Waals surface area contributed by atoms with E-state index in [4.69, 9.17) is 0 Å². The minimum Gasteiger partial charge on any atom is -0.381 e. The summed E-state index contributed by atoms with van der Waals surface area (Å²) in [6.07, 6.45) is 10.3. The van der Waals surface area contributed by atoms with Gasteiger partial charge in [0.2, 0.25) is 0 Å². The fourth-order valence-corrected chi connectivity index (χ4v) is 4.30. The number of nitrogens with one attached hydrogen (secondary N) is 2. The Kier molecular flexibility index (Phi) is 5.22. The number of fused-ring (bicyclic) bond motifs is 1. The molecule has 2 aromatic heterocycles. The topological polar surface area (TPSA) is 71.4 Å². The van der Waals surface area contributed by atoms with E-state index in [9.17, 15) is 4.39 Å². The third-order valence-corrected chi connectivity index (χ3v) is 6.25. The van der Waals surface area contributed by atoms with Gasteiger partial charge in [-0.1, -0.05) is 19.9 Å². The first-order chi connectivity index (χ1) is 14.1. The van der Waals surface area contributed by atoms with Gasteiger partial charge in [0.1, 0.15) is 18.0 Å². The molecule has 3 aromatic rings. The number of aromatic amines is 1. The molecule has 0 atom stereocenters. The number of benzene rings is 1. The number of allylic oxidation sites excluding steroid dienone is 2. The van der Waals surface area contributed by atoms with Crippen LogP contribution in [0.15, 0.2) is 42.4 Å². The lowest BCUT2D eigenvalue weighted by molar-refractivity contribution is 0.311. The van der Waals surface area contributed by atoms with Crippen LogP contribution in [0.1, 0.15) is 45.0 Å². The van der Waals surface area contributed by atoms with Crippen LogP contribution < -0.4 is 5.32 Å². The summed E-state index contributed by atoms with van der Waals surface area (Å²) in [6.45, 7) is 7.88. The molecule has 0 unspecified atom stereocenters. The number of rotatable bonds is 7. The largest absolute Gasteiger partial charge is 0.381 e. The molecule has 0 saturated carbocycles. The highest BCUT2D eigenvalue weighted by molar-refractivity contribution is 5.84. The standard InChI is InChI=1S/C22H27FN6/c1-4-22(5-2,11-21-25-14-26-28-21)16-7-8-19(24-12-16)15-9-18(23)17-13-27-29(6-3)20(17)10-15/h7-10,13-14,24H,4-6,11-12H2,1-3H3,(H,25,26,28). The summed E-state index contributed by atoms with van der Waals surface area (Å²) in [4.78, 5) is 4.32. The van der Waals surface area contributed by atoms with Gasteiger partial charge < -0.3 is 5.32 Å². The summed E-state index contributed by atoms with van der Waals surface area (Å²) in [5.74, 6) is 0.668. The Morgan fingerprint density at radius 2 is 2.00 bits per heavy atom. The zero-order valence-electron chi connectivity index (χ0n) is 17.2. The zero-order valence-corrected chi connectivity index (χ0v) is 17.2. The van der Waals surface area contributed by atoms with Crippen LogP contribution in [-0.4, -0.2) is 31.5 Å². The predicted molar refractivity (Wildman–Crippen MR) is 113 cm³/mol. The first-order valence-corrected chi connectivity index (χ1v) is 10.2. The molecule has 6 nitrogen and oxygen atoms in total. The predicted octanol–water partition coefficient (Wildman–Crippen LogP) is 4.23. The summed E-state index contributed by atoms with van der Waals surface area (Å²) in [5.41, 5.74) is 3.95. The average Bonchev–Trinajstić information content (AvgIpc) is 3.42. The molecule has 1 aliphatic heterocycles. The van der Waals surface area contributed by atoms with E-state index in [-0.39, 0.29) is 11.2 Å². The van der Waals surface area contributed by atoms with E-state index in [0.29, 0.717) is 11.9 Å². The van der Waals surface area contributed by atoms with E-state index in [0.717, 1.165) is 48.4 Å². The maximum atomic E-state index is 14.6. The molecule has 7 heteroatoms. The summed E-state index contributed by atoms with van der Waals surface area (Å²) >= 11 is 0. The molecular formula is C22H27FN6. The van der Waals surface area contributed by atoms with Crippen molar-refractivity contribution in [3.63, 3.8) is 0 Å². The number of nitrogens with zero attached hydrogens (tertiary/aromatic N) is 4. The quantitative estimate of drug-likeness (QED) is 0.629. The van der Waals surface area contributed by atoms with Gasteiger partial charge in [-0.15, -0.1) is 0 Å². The lowest BCUT2D eigenvalue weighted by Gasteiger charge is -2.36. The molecule has 1 aliphatic rings. The van der Waals surface area contributed by atoms with Gasteiger partial charge in [-0.25, -0.2) is 9.37 Å². The van der Waals surface area contributed by atoms with Crippen molar-refractivity contribution in [3.05, 3.63) is 59.6 Å². The van der Waals surface area contributed by atoms with Crippen molar-refractivity contribution in [2.45, 2.75) is 46.6 Å². The maximum absolute atomic E-state index is 14.6. The zero-order chi connectivity index (χ0) is 20.4. The third-order valence-electron chi connectivity index (χ3n) is 6.25. The van der Waals surface area contributed by atoms with Crippen LogP contribution in [0.4, 0.5) is 4.39 Å². The van der Waals surface area contributed by atoms with Crippen molar-refractivity contribution in [2.24, 2.45) is 5.41 Å². The summed E-state index contributed by atoms with van der Waals surface area (Å²) < 4.78 is 16.4. The average molecular weight is 394 g/mol. The smallest absolute Gasteiger partial charge is 0.137 e. The molecule has 29 heavy (non-hydrogen) atoms. The minimum atomic E-state index is -0.239. The lowest BCUT2D eigenvalue weighted by atomic mass is 9.71. The van der Waals surface area contributed by atoms with Crippen LogP contribution in [0.5, 0.6) is 0 Å². The van der Waals surface area contributed by atoms with Crippen LogP contribution in [0, 0.1) is 11.2 Å². The van der Waals surface area contributed by atoms with E-state index in [1.807, 2.05) is 17.7 Å². The van der Waals surface area contributed by atoms with E-state index >= 15 is 0 Å². The minimum absolute atomic E-state index is 0.0185. The van der Waals surface area contributed by atoms with Crippen molar-refractivity contribution in [2.75, 3.05) is 6.54 Å². The molecule has 0 spiro atoms. The molecule has 3 heterocycles. The maximum Gasteiger partial charge on any atom is 0.137 e. The number of halogens is 1. The van der Waals surface area contributed by atoms with Gasteiger partial charge in [-0.3, -0.25) is 9.78 Å². The lowest BCUT2D eigenvalue weighted by Crippen LogP contribution is -2.33. The van der Waals surface area contributed by atoms with E-state index in [2.05, 4.69) is 51.6 Å². The molecule has 152 valence electrons. The highest BCUT2D eigenvalue weighted by atomic mass is 19.1. The first-order valence-electron chi connectivity index (χ1n) is 10.2. The molecule has 0 bridgehead atoms. The number of dihydropyridines is 1. The SMILES string of the molecule is CCn1ncc2c(F)cc(C3=CC=C(C(CC)(CC)Cc4ncn[nH]4)CN3)cc21. The Bertz CT molecular complexity index is 1060. The van der Waals surface area contributed by atoms with Crippen molar-refractivity contribution >= 4 is 16.6 Å². The molecule has 1 aromatic carbocycles. The van der Waals surface area contributed by atoms with E-state index in [1.54, 1.807) is 18.6 Å². The molecule has 0 radical (unpaired) electrons. The summed E-state index contributed by atoms with van der Waals surface area (Å²) in [7, 11) is 0. The Morgan fingerprint density at radius 3 is 2.62 bits per heavy atom. The summed E-state index contributed by atoms with van der Waals surface area (Å²) in [5, 5.41) is 15.3.